The lowest BCUT2D eigenvalue weighted by Gasteiger charge is -2.10. The van der Waals surface area contributed by atoms with E-state index in [0.717, 1.165) is 21.8 Å². The highest BCUT2D eigenvalue weighted by atomic mass is 19.1. The summed E-state index contributed by atoms with van der Waals surface area (Å²) >= 11 is 0. The molecule has 49 heavy (non-hydrogen) atoms. The summed E-state index contributed by atoms with van der Waals surface area (Å²) in [5, 5.41) is 1.86. The Bertz CT molecular complexity index is 2310. The summed E-state index contributed by atoms with van der Waals surface area (Å²) in [7, 11) is 0. The van der Waals surface area contributed by atoms with Gasteiger partial charge in [0.1, 0.15) is 47.2 Å². The molecule has 238 valence electrons. The molecule has 0 spiro atoms. The summed E-state index contributed by atoms with van der Waals surface area (Å²) in [6.45, 7) is 0. The Kier molecular flexibility index (Phi) is 7.62. The maximum atomic E-state index is 13.6. The number of ether oxygens (including phenoxy) is 4. The predicted octanol–water partition coefficient (Wildman–Crippen LogP) is 9.21. The molecular formula is C37H22F2N6O4. The van der Waals surface area contributed by atoms with Crippen molar-refractivity contribution in [2.24, 2.45) is 0 Å². The Morgan fingerprint density at radius 2 is 0.878 bits per heavy atom. The smallest absolute Gasteiger partial charge is 0.237 e. The van der Waals surface area contributed by atoms with Gasteiger partial charge in [-0.05, 0) is 60.7 Å². The van der Waals surface area contributed by atoms with Crippen LogP contribution in [0.1, 0.15) is 0 Å². The molecule has 0 atom stereocenters. The van der Waals surface area contributed by atoms with E-state index in [4.69, 9.17) is 18.9 Å². The monoisotopic (exact) mass is 652 g/mol. The third-order valence-corrected chi connectivity index (χ3v) is 7.30. The molecule has 0 aliphatic heterocycles. The fourth-order valence-electron chi connectivity index (χ4n) is 5.28. The van der Waals surface area contributed by atoms with Crippen molar-refractivity contribution in [1.82, 2.24) is 29.5 Å². The van der Waals surface area contributed by atoms with Gasteiger partial charge < -0.3 is 18.9 Å². The molecule has 10 nitrogen and oxygen atoms in total. The van der Waals surface area contributed by atoms with E-state index in [1.54, 1.807) is 60.7 Å². The minimum Gasteiger partial charge on any atom is -0.457 e. The highest BCUT2D eigenvalue weighted by Crippen LogP contribution is 2.38. The van der Waals surface area contributed by atoms with Crippen LogP contribution in [-0.4, -0.2) is 29.5 Å². The quantitative estimate of drug-likeness (QED) is 0.141. The number of hydrogen-bond acceptors (Lipinski definition) is 9. The van der Waals surface area contributed by atoms with Crippen molar-refractivity contribution in [3.63, 3.8) is 0 Å². The molecule has 0 amide bonds. The maximum absolute atomic E-state index is 13.6. The average Bonchev–Trinajstić information content (AvgIpc) is 3.42. The standard InChI is InChI=1S/C37H22F2N6O4/c38-33-9-3-11-35(43-33)48-25-7-1-5-23(17-25)46-27-13-15-29-30-16-14-28(20-32(30)45(31(29)19-27)37-41-21-40-22-42-37)47-24-6-2-8-26(18-24)49-36-12-4-10-34(39)44-36/h1-22H. The molecule has 0 saturated carbocycles. The van der Waals surface area contributed by atoms with E-state index < -0.39 is 11.9 Å². The van der Waals surface area contributed by atoms with E-state index in [1.165, 1.54) is 36.9 Å². The highest BCUT2D eigenvalue weighted by molar-refractivity contribution is 6.09. The van der Waals surface area contributed by atoms with Gasteiger partial charge in [0.15, 0.2) is 0 Å². The SMILES string of the molecule is Fc1cccc(Oc2cccc(Oc3ccc4c5ccc(Oc6cccc(Oc7cccc(F)n7)c6)cc5n(-c5ncncn5)c4c3)c2)n1. The van der Waals surface area contributed by atoms with Crippen molar-refractivity contribution in [3.8, 4) is 52.2 Å². The molecule has 0 bridgehead atoms. The molecule has 4 aromatic heterocycles. The second kappa shape index (κ2) is 12.7. The number of aromatic nitrogens is 6. The minimum atomic E-state index is -0.635. The van der Waals surface area contributed by atoms with E-state index >= 15 is 0 Å². The van der Waals surface area contributed by atoms with E-state index in [2.05, 4.69) is 24.9 Å². The normalized spacial score (nSPS) is 11.1. The number of benzene rings is 4. The lowest BCUT2D eigenvalue weighted by Crippen LogP contribution is -2.01. The van der Waals surface area contributed by atoms with E-state index in [0.29, 0.717) is 40.4 Å². The molecule has 12 heteroatoms. The first-order valence-corrected chi connectivity index (χ1v) is 14.9. The molecule has 4 heterocycles. The second-order valence-electron chi connectivity index (χ2n) is 10.6. The van der Waals surface area contributed by atoms with Crippen LogP contribution in [0.3, 0.4) is 0 Å². The summed E-state index contributed by atoms with van der Waals surface area (Å²) in [4.78, 5) is 20.3. The van der Waals surface area contributed by atoms with Crippen LogP contribution in [0, 0.1) is 11.9 Å². The predicted molar refractivity (Wildman–Crippen MR) is 176 cm³/mol. The number of fused-ring (bicyclic) bond motifs is 3. The second-order valence-corrected chi connectivity index (χ2v) is 10.6. The first-order chi connectivity index (χ1) is 24.0. The first kappa shape index (κ1) is 29.5. The lowest BCUT2D eigenvalue weighted by atomic mass is 10.1. The number of rotatable bonds is 9. The largest absolute Gasteiger partial charge is 0.457 e. The molecule has 0 aliphatic rings. The number of nitrogens with zero attached hydrogens (tertiary/aromatic N) is 6. The molecular weight excluding hydrogens is 630 g/mol. The van der Waals surface area contributed by atoms with Gasteiger partial charge in [-0.25, -0.2) is 15.0 Å². The molecule has 0 unspecified atom stereocenters. The van der Waals surface area contributed by atoms with Gasteiger partial charge in [0, 0.05) is 47.2 Å². The summed E-state index contributed by atoms with van der Waals surface area (Å²) in [5.74, 6) is 2.38. The minimum absolute atomic E-state index is 0.131. The zero-order chi connectivity index (χ0) is 33.2. The molecule has 0 radical (unpaired) electrons. The van der Waals surface area contributed by atoms with Crippen LogP contribution >= 0.6 is 0 Å². The van der Waals surface area contributed by atoms with Gasteiger partial charge >= 0.3 is 0 Å². The van der Waals surface area contributed by atoms with Crippen LogP contribution in [0.5, 0.6) is 46.3 Å². The molecule has 0 fully saturated rings. The third-order valence-electron chi connectivity index (χ3n) is 7.30. The van der Waals surface area contributed by atoms with Crippen LogP contribution in [-0.2, 0) is 0 Å². The fourth-order valence-corrected chi connectivity index (χ4v) is 5.28. The Morgan fingerprint density at radius 1 is 0.449 bits per heavy atom. The van der Waals surface area contributed by atoms with Gasteiger partial charge in [-0.3, -0.25) is 4.57 Å². The maximum Gasteiger partial charge on any atom is 0.237 e. The van der Waals surface area contributed by atoms with Crippen molar-refractivity contribution < 1.29 is 27.7 Å². The molecule has 8 aromatic rings. The summed E-state index contributed by atoms with van der Waals surface area (Å²) in [6, 6.07) is 34.1. The molecule has 4 aromatic carbocycles. The summed E-state index contributed by atoms with van der Waals surface area (Å²) in [6.07, 6.45) is 2.86. The van der Waals surface area contributed by atoms with Gasteiger partial charge in [-0.1, -0.05) is 24.3 Å². The number of hydrogen-bond donors (Lipinski definition) is 0. The van der Waals surface area contributed by atoms with Gasteiger partial charge in [-0.15, -0.1) is 0 Å². The average molecular weight is 653 g/mol. The van der Waals surface area contributed by atoms with Crippen LogP contribution in [0.25, 0.3) is 27.8 Å². The Morgan fingerprint density at radius 3 is 1.35 bits per heavy atom. The van der Waals surface area contributed by atoms with Crippen molar-refractivity contribution >= 4 is 21.8 Å². The van der Waals surface area contributed by atoms with Crippen LogP contribution < -0.4 is 18.9 Å². The molecule has 0 saturated heterocycles. The van der Waals surface area contributed by atoms with Crippen molar-refractivity contribution in [3.05, 3.63) is 146 Å². The zero-order valence-corrected chi connectivity index (χ0v) is 25.3. The van der Waals surface area contributed by atoms with Crippen molar-refractivity contribution in [2.75, 3.05) is 0 Å². The first-order valence-electron chi connectivity index (χ1n) is 14.9. The summed E-state index contributed by atoms with van der Waals surface area (Å²) < 4.78 is 52.9. The third kappa shape index (κ3) is 6.38. The number of pyridine rings is 2. The van der Waals surface area contributed by atoms with Crippen LogP contribution in [0.4, 0.5) is 8.78 Å². The Balaban J connectivity index is 1.12. The van der Waals surface area contributed by atoms with Gasteiger partial charge in [0.05, 0.1) is 11.0 Å². The highest BCUT2D eigenvalue weighted by Gasteiger charge is 2.17. The molecule has 0 aliphatic carbocycles. The number of halogens is 2. The van der Waals surface area contributed by atoms with Crippen molar-refractivity contribution in [2.45, 2.75) is 0 Å². The van der Waals surface area contributed by atoms with E-state index in [9.17, 15) is 8.78 Å². The lowest BCUT2D eigenvalue weighted by molar-refractivity contribution is 0.436. The van der Waals surface area contributed by atoms with Crippen LogP contribution in [0.2, 0.25) is 0 Å². The van der Waals surface area contributed by atoms with E-state index in [-0.39, 0.29) is 11.8 Å². The molecule has 0 N–H and O–H groups in total. The molecule has 8 rings (SSSR count). The van der Waals surface area contributed by atoms with E-state index in [1.807, 2.05) is 41.0 Å². The van der Waals surface area contributed by atoms with Gasteiger partial charge in [0.2, 0.25) is 29.6 Å². The van der Waals surface area contributed by atoms with Crippen LogP contribution in [0.15, 0.2) is 134 Å². The van der Waals surface area contributed by atoms with Gasteiger partial charge in [0.25, 0.3) is 0 Å². The summed E-state index contributed by atoms with van der Waals surface area (Å²) in [5.41, 5.74) is 1.57. The topological polar surface area (TPSA) is 106 Å². The zero-order valence-electron chi connectivity index (χ0n) is 25.3. The van der Waals surface area contributed by atoms with Crippen molar-refractivity contribution in [1.29, 1.82) is 0 Å². The fraction of sp³-hybridized carbons (Fsp3) is 0. The van der Waals surface area contributed by atoms with Gasteiger partial charge in [-0.2, -0.15) is 18.7 Å². The Hall–Kier alpha value is -6.95. The Labute approximate surface area is 276 Å².